The number of ether oxygens (including phenoxy) is 6. The topological polar surface area (TPSA) is 148 Å². The molecule has 0 radical (unpaired) electrons. The third-order valence-corrected chi connectivity index (χ3v) is 6.69. The Hall–Kier alpha value is -4.16. The summed E-state index contributed by atoms with van der Waals surface area (Å²) in [5.41, 5.74) is 0.226. The Morgan fingerprint density at radius 2 is 1.02 bits per heavy atom. The fraction of sp³-hybridized carbons (Fsp3) is 0.233. The van der Waals surface area contributed by atoms with Gasteiger partial charge in [-0.05, 0) is 36.4 Å². The van der Waals surface area contributed by atoms with Crippen molar-refractivity contribution in [3.05, 3.63) is 108 Å². The van der Waals surface area contributed by atoms with Gasteiger partial charge in [-0.25, -0.2) is 19.2 Å². The van der Waals surface area contributed by atoms with Crippen LogP contribution in [0.3, 0.4) is 0 Å². The highest BCUT2D eigenvalue weighted by molar-refractivity contribution is 6.76. The van der Waals surface area contributed by atoms with Crippen LogP contribution in [0.1, 0.15) is 31.1 Å². The van der Waals surface area contributed by atoms with Crippen LogP contribution < -0.4 is 0 Å². The molecule has 3 aromatic carbocycles. The van der Waals surface area contributed by atoms with Gasteiger partial charge in [-0.1, -0.05) is 89.4 Å². The van der Waals surface area contributed by atoms with Crippen molar-refractivity contribution >= 4 is 64.6 Å². The van der Waals surface area contributed by atoms with E-state index in [0.29, 0.717) is 0 Å². The normalized spacial score (nSPS) is 21.3. The van der Waals surface area contributed by atoms with Crippen molar-refractivity contribution in [2.45, 2.75) is 34.5 Å². The van der Waals surface area contributed by atoms with E-state index in [9.17, 15) is 19.2 Å². The van der Waals surface area contributed by atoms with Crippen LogP contribution in [0.2, 0.25) is 0 Å². The summed E-state index contributed by atoms with van der Waals surface area (Å²) in [6, 6.07) is 23.1. The van der Waals surface area contributed by atoms with Crippen molar-refractivity contribution in [1.82, 2.24) is 0 Å². The number of halogens is 3. The zero-order chi connectivity index (χ0) is 31.9. The van der Waals surface area contributed by atoms with Crippen LogP contribution in [0.25, 0.3) is 0 Å². The summed E-state index contributed by atoms with van der Waals surface area (Å²) in [7, 11) is 1.04. The predicted octanol–water partition coefficient (Wildman–Crippen LogP) is 4.93. The van der Waals surface area contributed by atoms with Gasteiger partial charge in [0.25, 0.3) is 3.79 Å². The van der Waals surface area contributed by atoms with Crippen molar-refractivity contribution < 1.29 is 47.6 Å². The van der Waals surface area contributed by atoms with Crippen LogP contribution in [-0.4, -0.2) is 71.4 Å². The Balaban J connectivity index is 1.81. The molecule has 1 saturated heterocycles. The number of carbonyl (C=O) groups excluding carboxylic acids is 4. The molecule has 1 N–H and O–H groups in total. The highest BCUT2D eigenvalue weighted by atomic mass is 35.6. The summed E-state index contributed by atoms with van der Waals surface area (Å²) in [6.45, 7) is 0. The molecule has 1 fully saturated rings. The summed E-state index contributed by atoms with van der Waals surface area (Å²) < 4.78 is 30.8. The molecular formula is C30H24Cl3NO10. The van der Waals surface area contributed by atoms with Crippen molar-refractivity contribution in [1.29, 1.82) is 5.41 Å². The lowest BCUT2D eigenvalue weighted by Gasteiger charge is -2.43. The van der Waals surface area contributed by atoms with E-state index in [4.69, 9.17) is 68.6 Å². The summed E-state index contributed by atoms with van der Waals surface area (Å²) in [4.78, 5) is 52.8. The molecular weight excluding hydrogens is 641 g/mol. The van der Waals surface area contributed by atoms with Gasteiger partial charge in [0.05, 0.1) is 23.8 Å². The lowest BCUT2D eigenvalue weighted by atomic mass is 9.97. The minimum Gasteiger partial charge on any atom is -0.467 e. The Morgan fingerprint density at radius 1 is 0.636 bits per heavy atom. The third-order valence-electron chi connectivity index (χ3n) is 6.18. The van der Waals surface area contributed by atoms with E-state index in [0.717, 1.165) is 7.11 Å². The van der Waals surface area contributed by atoms with Crippen LogP contribution in [0.5, 0.6) is 0 Å². The maximum atomic E-state index is 13.3. The van der Waals surface area contributed by atoms with Crippen LogP contribution in [0, 0.1) is 5.41 Å². The first-order chi connectivity index (χ1) is 21.0. The lowest BCUT2D eigenvalue weighted by Crippen LogP contribution is -2.64. The van der Waals surface area contributed by atoms with Crippen LogP contribution in [0.15, 0.2) is 91.0 Å². The van der Waals surface area contributed by atoms with E-state index in [2.05, 4.69) is 0 Å². The average molecular weight is 665 g/mol. The number of carbonyl (C=O) groups is 4. The summed E-state index contributed by atoms with van der Waals surface area (Å²) in [6.07, 6.45) is -9.08. The van der Waals surface area contributed by atoms with Crippen molar-refractivity contribution in [2.24, 2.45) is 0 Å². The van der Waals surface area contributed by atoms with Gasteiger partial charge in [0.15, 0.2) is 18.3 Å². The number of hydrogen-bond donors (Lipinski definition) is 1. The molecule has 1 aliphatic heterocycles. The number of hydrogen-bond acceptors (Lipinski definition) is 11. The van der Waals surface area contributed by atoms with Crippen LogP contribution in [-0.2, 0) is 33.2 Å². The molecule has 0 spiro atoms. The number of alkyl halides is 3. The predicted molar refractivity (Wildman–Crippen MR) is 157 cm³/mol. The Morgan fingerprint density at radius 3 is 1.41 bits per heavy atom. The fourth-order valence-electron chi connectivity index (χ4n) is 4.08. The van der Waals surface area contributed by atoms with Crippen LogP contribution >= 0.6 is 34.8 Å². The second-order valence-electron chi connectivity index (χ2n) is 9.10. The lowest BCUT2D eigenvalue weighted by molar-refractivity contribution is -0.274. The first-order valence-corrected chi connectivity index (χ1v) is 14.0. The standard InChI is InChI=1S/C30H24Cl3NO10/c1-39-27(38)22-20(40-24(35)17-11-5-2-6-12-17)21(41-25(36)18-13-7-3-8-14-18)23(28(43-22)44-29(34)30(31,32)33)42-26(37)19-15-9-4-10-16-19/h2-16,20-23,28,34H,1H3/t20-,21-,22-,23+,28?/m0/s1. The molecule has 0 amide bonds. The Kier molecular flexibility index (Phi) is 10.8. The number of methoxy groups -OCH3 is 1. The van der Waals surface area contributed by atoms with Crippen LogP contribution in [0.4, 0.5) is 0 Å². The van der Waals surface area contributed by atoms with Crippen molar-refractivity contribution in [3.63, 3.8) is 0 Å². The van der Waals surface area contributed by atoms with E-state index >= 15 is 0 Å². The highest BCUT2D eigenvalue weighted by Gasteiger charge is 2.57. The largest absolute Gasteiger partial charge is 0.467 e. The summed E-state index contributed by atoms with van der Waals surface area (Å²) in [5, 5.41) is 8.10. The molecule has 230 valence electrons. The van der Waals surface area contributed by atoms with Gasteiger partial charge in [0.2, 0.25) is 18.3 Å². The number of rotatable bonds is 8. The fourth-order valence-corrected chi connectivity index (χ4v) is 4.21. The van der Waals surface area contributed by atoms with E-state index in [1.165, 1.54) is 36.4 Å². The van der Waals surface area contributed by atoms with Crippen molar-refractivity contribution in [3.8, 4) is 0 Å². The maximum Gasteiger partial charge on any atom is 0.339 e. The zero-order valence-electron chi connectivity index (χ0n) is 22.8. The maximum absolute atomic E-state index is 13.3. The molecule has 1 aliphatic rings. The van der Waals surface area contributed by atoms with Crippen molar-refractivity contribution in [2.75, 3.05) is 7.11 Å². The van der Waals surface area contributed by atoms with Gasteiger partial charge in [-0.15, -0.1) is 0 Å². The van der Waals surface area contributed by atoms with E-state index in [1.807, 2.05) is 0 Å². The van der Waals surface area contributed by atoms with Gasteiger partial charge in [-0.2, -0.15) is 0 Å². The first kappa shape index (κ1) is 32.7. The summed E-state index contributed by atoms with van der Waals surface area (Å²) in [5.74, 6) is -4.89. The zero-order valence-corrected chi connectivity index (χ0v) is 25.0. The van der Waals surface area contributed by atoms with E-state index in [1.54, 1.807) is 54.6 Å². The molecule has 0 aliphatic carbocycles. The molecule has 1 unspecified atom stereocenters. The Bertz CT molecular complexity index is 1490. The third kappa shape index (κ3) is 8.06. The molecule has 4 rings (SSSR count). The minimum atomic E-state index is -2.41. The molecule has 14 heteroatoms. The molecule has 0 aromatic heterocycles. The van der Waals surface area contributed by atoms with E-state index < -0.39 is 64.3 Å². The van der Waals surface area contributed by atoms with Gasteiger partial charge >= 0.3 is 23.9 Å². The SMILES string of the molecule is COC(=O)[C@H]1OC(OC(=N)C(Cl)(Cl)Cl)[C@H](OC(=O)c2ccccc2)[C@@H](OC(=O)c2ccccc2)[C@@H]1OC(=O)c1ccccc1. The van der Waals surface area contributed by atoms with Gasteiger partial charge in [0.1, 0.15) is 0 Å². The quantitative estimate of drug-likeness (QED) is 0.116. The monoisotopic (exact) mass is 663 g/mol. The highest BCUT2D eigenvalue weighted by Crippen LogP contribution is 2.35. The number of esters is 4. The second kappa shape index (κ2) is 14.5. The average Bonchev–Trinajstić information content (AvgIpc) is 3.03. The minimum absolute atomic E-state index is 0.0707. The van der Waals surface area contributed by atoms with Gasteiger partial charge in [0, 0.05) is 0 Å². The smallest absolute Gasteiger partial charge is 0.339 e. The summed E-state index contributed by atoms with van der Waals surface area (Å²) >= 11 is 17.4. The Labute approximate surface area is 266 Å². The molecule has 0 saturated carbocycles. The van der Waals surface area contributed by atoms with Gasteiger partial charge in [-0.3, -0.25) is 5.41 Å². The molecule has 5 atom stereocenters. The number of benzene rings is 3. The molecule has 11 nitrogen and oxygen atoms in total. The molecule has 0 bridgehead atoms. The molecule has 3 aromatic rings. The molecule has 1 heterocycles. The van der Waals surface area contributed by atoms with E-state index in [-0.39, 0.29) is 16.7 Å². The van der Waals surface area contributed by atoms with Gasteiger partial charge < -0.3 is 28.4 Å². The molecule has 44 heavy (non-hydrogen) atoms. The number of nitrogens with one attached hydrogen (secondary N) is 1. The first-order valence-electron chi connectivity index (χ1n) is 12.8. The second-order valence-corrected chi connectivity index (χ2v) is 11.4.